The third-order valence-electron chi connectivity index (χ3n) is 3.81. The summed E-state index contributed by atoms with van der Waals surface area (Å²) in [6, 6.07) is 7.94. The summed E-state index contributed by atoms with van der Waals surface area (Å²) in [5.74, 6) is 1.94. The number of H-pyrrole nitrogens is 1. The molecule has 1 aliphatic rings. The zero-order valence-corrected chi connectivity index (χ0v) is 14.7. The van der Waals surface area contributed by atoms with Crippen LogP contribution in [0.25, 0.3) is 0 Å². The molecule has 0 bridgehead atoms. The Morgan fingerprint density at radius 2 is 1.96 bits per heavy atom. The molecule has 3 rings (SSSR count). The van der Waals surface area contributed by atoms with E-state index >= 15 is 0 Å². The highest BCUT2D eigenvalue weighted by Crippen LogP contribution is 2.18. The number of nitrogen functional groups attached to an aromatic ring is 1. The Hall–Kier alpha value is -1.80. The monoisotopic (exact) mass is 380 g/mol. The summed E-state index contributed by atoms with van der Waals surface area (Å²) in [5, 5.41) is 6.78. The number of hydrogen-bond acceptors (Lipinski definition) is 6. The van der Waals surface area contributed by atoms with E-state index in [0.29, 0.717) is 11.9 Å². The molecule has 124 valence electrons. The Morgan fingerprint density at radius 3 is 2.57 bits per heavy atom. The predicted octanol–water partition coefficient (Wildman–Crippen LogP) is 1.74. The van der Waals surface area contributed by atoms with E-state index in [-0.39, 0.29) is 6.10 Å². The van der Waals surface area contributed by atoms with Crippen LogP contribution in [0.4, 0.5) is 11.9 Å². The van der Waals surface area contributed by atoms with Crippen molar-refractivity contribution in [3.63, 3.8) is 0 Å². The Morgan fingerprint density at radius 1 is 1.26 bits per heavy atom. The topological polar surface area (TPSA) is 83.3 Å². The number of ether oxygens (including phenoxy) is 1. The zero-order chi connectivity index (χ0) is 16.2. The van der Waals surface area contributed by atoms with Crippen molar-refractivity contribution in [1.29, 1.82) is 0 Å². The van der Waals surface area contributed by atoms with E-state index < -0.39 is 0 Å². The van der Waals surface area contributed by atoms with Crippen LogP contribution in [0, 0.1) is 0 Å². The molecule has 3 N–H and O–H groups in total. The quantitative estimate of drug-likeness (QED) is 0.821. The average molecular weight is 381 g/mol. The van der Waals surface area contributed by atoms with Gasteiger partial charge in [-0.1, -0.05) is 15.9 Å². The second-order valence-electron chi connectivity index (χ2n) is 5.69. The number of rotatable bonds is 5. The molecule has 2 heterocycles. The standard InChI is InChI=1S/C15H21BrN6O/c1-11(23-13-4-2-12(16)3-5-13)10-21-6-8-22(9-7-21)15-18-14(17)19-20-15/h2-5,11H,6-10H2,1H3,(H3,17,18,19,20)/t11-/m1/s1. The molecule has 23 heavy (non-hydrogen) atoms. The summed E-state index contributed by atoms with van der Waals surface area (Å²) < 4.78 is 7.02. The minimum absolute atomic E-state index is 0.141. The number of nitrogens with two attached hydrogens (primary N) is 1. The molecule has 0 unspecified atom stereocenters. The minimum atomic E-state index is 0.141. The largest absolute Gasteiger partial charge is 0.489 e. The second kappa shape index (κ2) is 7.18. The summed E-state index contributed by atoms with van der Waals surface area (Å²) in [6.45, 7) is 6.71. The Kier molecular flexibility index (Phi) is 5.02. The first kappa shape index (κ1) is 16.1. The van der Waals surface area contributed by atoms with Gasteiger partial charge >= 0.3 is 0 Å². The fraction of sp³-hybridized carbons (Fsp3) is 0.467. The lowest BCUT2D eigenvalue weighted by molar-refractivity contribution is 0.140. The van der Waals surface area contributed by atoms with Gasteiger partial charge < -0.3 is 15.4 Å². The molecule has 1 aromatic heterocycles. The number of aromatic nitrogens is 3. The van der Waals surface area contributed by atoms with Crippen molar-refractivity contribution in [3.8, 4) is 5.75 Å². The molecule has 0 saturated carbocycles. The lowest BCUT2D eigenvalue weighted by Crippen LogP contribution is -2.49. The van der Waals surface area contributed by atoms with Crippen LogP contribution >= 0.6 is 15.9 Å². The number of aromatic amines is 1. The van der Waals surface area contributed by atoms with Gasteiger partial charge in [-0.15, -0.1) is 5.10 Å². The zero-order valence-electron chi connectivity index (χ0n) is 13.1. The van der Waals surface area contributed by atoms with Crippen molar-refractivity contribution < 1.29 is 4.74 Å². The highest BCUT2D eigenvalue weighted by atomic mass is 79.9. The number of nitrogens with zero attached hydrogens (tertiary/aromatic N) is 4. The van der Waals surface area contributed by atoms with Gasteiger partial charge in [-0.3, -0.25) is 4.90 Å². The normalized spacial score (nSPS) is 17.2. The van der Waals surface area contributed by atoms with Gasteiger partial charge in [0.2, 0.25) is 11.9 Å². The molecule has 1 atom stereocenters. The van der Waals surface area contributed by atoms with Crippen LogP contribution in [0.5, 0.6) is 5.75 Å². The number of anilines is 2. The van der Waals surface area contributed by atoms with E-state index in [1.165, 1.54) is 0 Å². The number of benzene rings is 1. The van der Waals surface area contributed by atoms with Crippen molar-refractivity contribution in [2.45, 2.75) is 13.0 Å². The van der Waals surface area contributed by atoms with Crippen LogP contribution in [0.15, 0.2) is 28.7 Å². The van der Waals surface area contributed by atoms with Gasteiger partial charge in [0.1, 0.15) is 11.9 Å². The van der Waals surface area contributed by atoms with E-state index in [4.69, 9.17) is 10.5 Å². The van der Waals surface area contributed by atoms with E-state index in [2.05, 4.69) is 47.8 Å². The van der Waals surface area contributed by atoms with Crippen molar-refractivity contribution in [1.82, 2.24) is 20.1 Å². The van der Waals surface area contributed by atoms with Crippen LogP contribution in [0.1, 0.15) is 6.92 Å². The van der Waals surface area contributed by atoms with Crippen molar-refractivity contribution in [2.24, 2.45) is 0 Å². The van der Waals surface area contributed by atoms with Crippen molar-refractivity contribution in [3.05, 3.63) is 28.7 Å². The Bertz CT molecular complexity index is 623. The molecule has 1 aromatic carbocycles. The maximum Gasteiger partial charge on any atom is 0.246 e. The maximum atomic E-state index is 5.96. The molecule has 0 amide bonds. The average Bonchev–Trinajstić information content (AvgIpc) is 2.97. The van der Waals surface area contributed by atoms with Gasteiger partial charge in [-0.05, 0) is 31.2 Å². The number of halogens is 1. The highest BCUT2D eigenvalue weighted by molar-refractivity contribution is 9.10. The minimum Gasteiger partial charge on any atom is -0.489 e. The first-order chi connectivity index (χ1) is 11.1. The molecule has 0 aliphatic carbocycles. The van der Waals surface area contributed by atoms with Crippen LogP contribution < -0.4 is 15.4 Å². The number of nitrogens with one attached hydrogen (secondary N) is 1. The van der Waals surface area contributed by atoms with E-state index in [1.54, 1.807) is 0 Å². The van der Waals surface area contributed by atoms with Crippen LogP contribution in [0.2, 0.25) is 0 Å². The molecule has 1 aliphatic heterocycles. The fourth-order valence-electron chi connectivity index (χ4n) is 2.68. The van der Waals surface area contributed by atoms with E-state index in [0.717, 1.165) is 42.9 Å². The maximum absolute atomic E-state index is 5.96. The SMILES string of the molecule is C[C@H](CN1CCN(c2n[nH]c(N)n2)CC1)Oc1ccc(Br)cc1. The molecular weight excluding hydrogens is 360 g/mol. The molecule has 7 nitrogen and oxygen atoms in total. The smallest absolute Gasteiger partial charge is 0.246 e. The van der Waals surface area contributed by atoms with Crippen LogP contribution in [0.3, 0.4) is 0 Å². The number of piperazine rings is 1. The van der Waals surface area contributed by atoms with Crippen molar-refractivity contribution in [2.75, 3.05) is 43.4 Å². The highest BCUT2D eigenvalue weighted by Gasteiger charge is 2.21. The summed E-state index contributed by atoms with van der Waals surface area (Å²) in [4.78, 5) is 8.71. The Labute approximate surface area is 143 Å². The second-order valence-corrected chi connectivity index (χ2v) is 6.61. The van der Waals surface area contributed by atoms with Gasteiger partial charge in [0.05, 0.1) is 0 Å². The predicted molar refractivity (Wildman–Crippen MR) is 93.7 cm³/mol. The van der Waals surface area contributed by atoms with Gasteiger partial charge in [0.25, 0.3) is 0 Å². The lowest BCUT2D eigenvalue weighted by atomic mass is 10.2. The summed E-state index contributed by atoms with van der Waals surface area (Å²) in [7, 11) is 0. The summed E-state index contributed by atoms with van der Waals surface area (Å²) in [5.41, 5.74) is 5.58. The Balaban J connectivity index is 1.45. The summed E-state index contributed by atoms with van der Waals surface area (Å²) >= 11 is 3.43. The van der Waals surface area contributed by atoms with Gasteiger partial charge in [-0.25, -0.2) is 5.10 Å². The van der Waals surface area contributed by atoms with E-state index in [1.807, 2.05) is 24.3 Å². The molecule has 0 radical (unpaired) electrons. The molecular formula is C15H21BrN6O. The number of hydrogen-bond donors (Lipinski definition) is 2. The van der Waals surface area contributed by atoms with Crippen LogP contribution in [-0.4, -0.2) is 58.9 Å². The third kappa shape index (κ3) is 4.35. The molecule has 2 aromatic rings. The van der Waals surface area contributed by atoms with Crippen molar-refractivity contribution >= 4 is 27.8 Å². The first-order valence-electron chi connectivity index (χ1n) is 7.67. The molecule has 8 heteroatoms. The van der Waals surface area contributed by atoms with Gasteiger partial charge in [0, 0.05) is 37.2 Å². The van der Waals surface area contributed by atoms with Gasteiger partial charge in [0.15, 0.2) is 0 Å². The summed E-state index contributed by atoms with van der Waals surface area (Å²) in [6.07, 6.45) is 0.141. The fourth-order valence-corrected chi connectivity index (χ4v) is 2.95. The first-order valence-corrected chi connectivity index (χ1v) is 8.47. The molecule has 1 saturated heterocycles. The van der Waals surface area contributed by atoms with Crippen LogP contribution in [-0.2, 0) is 0 Å². The van der Waals surface area contributed by atoms with E-state index in [9.17, 15) is 0 Å². The van der Waals surface area contributed by atoms with Gasteiger partial charge in [-0.2, -0.15) is 4.98 Å². The molecule has 0 spiro atoms. The third-order valence-corrected chi connectivity index (χ3v) is 4.34. The lowest BCUT2D eigenvalue weighted by Gasteiger charge is -2.35. The molecule has 1 fully saturated rings.